The maximum absolute atomic E-state index is 12.7. The number of phenolic OH excluding ortho intramolecular Hbond substituents is 1. The van der Waals surface area contributed by atoms with Crippen molar-refractivity contribution < 1.29 is 9.90 Å². The third-order valence-electron chi connectivity index (χ3n) is 4.91. The van der Waals surface area contributed by atoms with E-state index in [2.05, 4.69) is 10.5 Å². The maximum atomic E-state index is 12.7. The molecule has 1 heterocycles. The van der Waals surface area contributed by atoms with Gasteiger partial charge in [-0.3, -0.25) is 14.2 Å². The van der Waals surface area contributed by atoms with Gasteiger partial charge in [-0.25, -0.2) is 5.43 Å². The number of carbonyl (C=O) groups excluding carboxylic acids is 1. The molecule has 0 bridgehead atoms. The van der Waals surface area contributed by atoms with Gasteiger partial charge >= 0.3 is 0 Å². The van der Waals surface area contributed by atoms with Gasteiger partial charge in [-0.1, -0.05) is 12.1 Å². The van der Waals surface area contributed by atoms with Crippen molar-refractivity contribution in [3.8, 4) is 11.4 Å². The van der Waals surface area contributed by atoms with Crippen LogP contribution >= 0.6 is 0 Å². The summed E-state index contributed by atoms with van der Waals surface area (Å²) in [4.78, 5) is 25.0. The zero-order valence-electron chi connectivity index (χ0n) is 16.7. The van der Waals surface area contributed by atoms with Crippen LogP contribution in [0.3, 0.4) is 0 Å². The quantitative estimate of drug-likeness (QED) is 0.271. The lowest BCUT2D eigenvalue weighted by Crippen LogP contribution is -2.20. The number of anilines is 1. The third-order valence-corrected chi connectivity index (χ3v) is 4.91. The average molecular weight is 412 g/mol. The second-order valence-electron chi connectivity index (χ2n) is 7.12. The summed E-state index contributed by atoms with van der Waals surface area (Å²) in [6, 6.07) is 20.1. The molecule has 1 aromatic heterocycles. The van der Waals surface area contributed by atoms with Crippen molar-refractivity contribution >= 4 is 28.7 Å². The topological polar surface area (TPSA) is 110 Å². The van der Waals surface area contributed by atoms with Crippen LogP contribution in [0.25, 0.3) is 16.6 Å². The van der Waals surface area contributed by atoms with E-state index in [0.29, 0.717) is 22.5 Å². The zero-order chi connectivity index (χ0) is 22.0. The first kappa shape index (κ1) is 19.9. The van der Waals surface area contributed by atoms with Gasteiger partial charge in [-0.2, -0.15) is 5.10 Å². The predicted molar refractivity (Wildman–Crippen MR) is 122 cm³/mol. The van der Waals surface area contributed by atoms with E-state index >= 15 is 0 Å². The molecule has 4 aromatic rings. The number of aromatic hydroxyl groups is 1. The molecule has 0 saturated heterocycles. The number of benzene rings is 3. The monoisotopic (exact) mass is 412 g/mol. The van der Waals surface area contributed by atoms with E-state index in [1.165, 1.54) is 10.8 Å². The number of nitrogens with one attached hydrogen (secondary N) is 1. The van der Waals surface area contributed by atoms with Crippen molar-refractivity contribution in [3.63, 3.8) is 0 Å². The molecule has 31 heavy (non-hydrogen) atoms. The summed E-state index contributed by atoms with van der Waals surface area (Å²) in [5.41, 5.74) is 11.7. The molecule has 3 aromatic carbocycles. The lowest BCUT2D eigenvalue weighted by atomic mass is 10.1. The summed E-state index contributed by atoms with van der Waals surface area (Å²) in [7, 11) is 0. The zero-order valence-corrected chi connectivity index (χ0v) is 16.7. The number of carbonyl (C=O) groups is 1. The number of hydrogen-bond donors (Lipinski definition) is 3. The molecule has 0 unspecified atom stereocenters. The number of phenols is 1. The highest BCUT2D eigenvalue weighted by atomic mass is 16.3. The molecule has 0 fully saturated rings. The largest absolute Gasteiger partial charge is 0.508 e. The Bertz CT molecular complexity index is 1350. The molecule has 0 spiro atoms. The van der Waals surface area contributed by atoms with Crippen molar-refractivity contribution in [1.82, 2.24) is 9.99 Å². The van der Waals surface area contributed by atoms with Crippen LogP contribution in [-0.4, -0.2) is 21.8 Å². The van der Waals surface area contributed by atoms with E-state index < -0.39 is 0 Å². The Kier molecular flexibility index (Phi) is 5.24. The number of hydrazone groups is 1. The maximum Gasteiger partial charge on any atom is 0.271 e. The first-order chi connectivity index (χ1) is 14.9. The number of fused-ring (bicyclic) bond motifs is 1. The van der Waals surface area contributed by atoms with E-state index in [-0.39, 0.29) is 17.2 Å². The Morgan fingerprint density at radius 1 is 1.03 bits per heavy atom. The van der Waals surface area contributed by atoms with Crippen molar-refractivity contribution in [2.75, 3.05) is 5.73 Å². The second kappa shape index (κ2) is 8.16. The first-order valence-corrected chi connectivity index (χ1v) is 9.57. The molecule has 0 aliphatic carbocycles. The minimum Gasteiger partial charge on any atom is -0.508 e. The molecule has 0 saturated carbocycles. The smallest absolute Gasteiger partial charge is 0.271 e. The number of pyridine rings is 1. The summed E-state index contributed by atoms with van der Waals surface area (Å²) >= 11 is 0. The lowest BCUT2D eigenvalue weighted by molar-refractivity contribution is 0.0955. The van der Waals surface area contributed by atoms with E-state index in [9.17, 15) is 14.7 Å². The molecule has 7 heteroatoms. The van der Waals surface area contributed by atoms with Crippen LogP contribution in [0, 0.1) is 6.92 Å². The number of amides is 1. The Hall–Kier alpha value is -4.39. The fourth-order valence-corrected chi connectivity index (χ4v) is 3.32. The average Bonchev–Trinajstić information content (AvgIpc) is 2.75. The number of rotatable bonds is 4. The molecule has 0 aliphatic rings. The van der Waals surface area contributed by atoms with Gasteiger partial charge in [0.15, 0.2) is 0 Å². The van der Waals surface area contributed by atoms with Gasteiger partial charge < -0.3 is 10.8 Å². The molecule has 0 aliphatic heterocycles. The Balaban J connectivity index is 1.59. The number of nitrogens with zero attached hydrogens (tertiary/aromatic N) is 2. The van der Waals surface area contributed by atoms with E-state index in [1.807, 2.05) is 6.92 Å². The first-order valence-electron chi connectivity index (χ1n) is 9.57. The van der Waals surface area contributed by atoms with Gasteiger partial charge in [0.2, 0.25) is 0 Å². The van der Waals surface area contributed by atoms with Crippen molar-refractivity contribution in [2.45, 2.75) is 6.92 Å². The summed E-state index contributed by atoms with van der Waals surface area (Å²) in [6.07, 6.45) is 1.52. The van der Waals surface area contributed by atoms with E-state index in [0.717, 1.165) is 16.5 Å². The van der Waals surface area contributed by atoms with Gasteiger partial charge in [0.25, 0.3) is 11.5 Å². The van der Waals surface area contributed by atoms with Crippen LogP contribution in [0.5, 0.6) is 5.75 Å². The predicted octanol–water partition coefficient (Wildman–Crippen LogP) is 3.35. The summed E-state index contributed by atoms with van der Waals surface area (Å²) in [5.74, 6) is -0.307. The fourth-order valence-electron chi connectivity index (χ4n) is 3.32. The summed E-state index contributed by atoms with van der Waals surface area (Å²) in [5, 5.41) is 14.7. The molecule has 0 radical (unpaired) electrons. The van der Waals surface area contributed by atoms with Gasteiger partial charge in [0.1, 0.15) is 5.75 Å². The molecule has 1 amide bonds. The highest BCUT2D eigenvalue weighted by Gasteiger charge is 2.11. The molecule has 154 valence electrons. The normalized spacial score (nSPS) is 11.1. The van der Waals surface area contributed by atoms with E-state index in [4.69, 9.17) is 5.73 Å². The van der Waals surface area contributed by atoms with E-state index in [1.54, 1.807) is 72.8 Å². The van der Waals surface area contributed by atoms with Crippen LogP contribution in [0.2, 0.25) is 0 Å². The summed E-state index contributed by atoms with van der Waals surface area (Å²) < 4.78 is 1.50. The molecular weight excluding hydrogens is 392 g/mol. The van der Waals surface area contributed by atoms with Gasteiger partial charge in [-0.05, 0) is 66.6 Å². The Labute approximate surface area is 178 Å². The Morgan fingerprint density at radius 3 is 2.45 bits per heavy atom. The molecule has 4 rings (SSSR count). The highest BCUT2D eigenvalue weighted by Crippen LogP contribution is 2.24. The fraction of sp³-hybridized carbons (Fsp3) is 0.0417. The standard InChI is InChI=1S/C24H20N4O3/c1-15-12-23(30)28(22-13-20(29)10-11-21(15)22)19-8-4-17(5-9-19)24(31)27-26-14-16-2-6-18(25)7-3-16/h2-14,29H,25H2,1H3,(H,27,31)/b26-14+. The third kappa shape index (κ3) is 4.16. The van der Waals surface area contributed by atoms with Crippen molar-refractivity contribution in [3.05, 3.63) is 99.8 Å². The molecule has 0 atom stereocenters. The minimum atomic E-state index is -0.378. The van der Waals surface area contributed by atoms with Crippen LogP contribution < -0.4 is 16.7 Å². The number of aromatic nitrogens is 1. The molecule has 4 N–H and O–H groups in total. The van der Waals surface area contributed by atoms with Crippen molar-refractivity contribution in [1.29, 1.82) is 0 Å². The van der Waals surface area contributed by atoms with Crippen LogP contribution in [0.1, 0.15) is 21.5 Å². The molecular formula is C24H20N4O3. The van der Waals surface area contributed by atoms with Crippen LogP contribution in [0.15, 0.2) is 82.7 Å². The van der Waals surface area contributed by atoms with Gasteiger partial charge in [0, 0.05) is 34.5 Å². The number of aryl methyl sites for hydroxylation is 1. The number of hydrogen-bond acceptors (Lipinski definition) is 5. The second-order valence-corrected chi connectivity index (χ2v) is 7.12. The van der Waals surface area contributed by atoms with Crippen LogP contribution in [0.4, 0.5) is 5.69 Å². The summed E-state index contributed by atoms with van der Waals surface area (Å²) in [6.45, 7) is 1.85. The molecule has 7 nitrogen and oxygen atoms in total. The number of nitrogens with two attached hydrogens (primary N) is 1. The SMILES string of the molecule is Cc1cc(=O)n(-c2ccc(C(=O)N/N=C/c3ccc(N)cc3)cc2)c2cc(O)ccc12. The van der Waals surface area contributed by atoms with Gasteiger partial charge in [0.05, 0.1) is 11.7 Å². The highest BCUT2D eigenvalue weighted by molar-refractivity contribution is 5.95. The van der Waals surface area contributed by atoms with Gasteiger partial charge in [-0.15, -0.1) is 0 Å². The van der Waals surface area contributed by atoms with Crippen molar-refractivity contribution in [2.24, 2.45) is 5.10 Å². The van der Waals surface area contributed by atoms with Crippen LogP contribution in [-0.2, 0) is 0 Å². The lowest BCUT2D eigenvalue weighted by Gasteiger charge is -2.13. The number of nitrogen functional groups attached to an aromatic ring is 1. The minimum absolute atomic E-state index is 0.0706. The Morgan fingerprint density at radius 2 is 1.74 bits per heavy atom.